The van der Waals surface area contributed by atoms with Gasteiger partial charge in [-0.3, -0.25) is 9.59 Å². The molecule has 15 nitrogen and oxygen atoms in total. The minimum Gasteiger partial charge on any atom is -0.462 e. The molecule has 11 atom stereocenters. The molecule has 7 N–H and O–H groups in total. The lowest BCUT2D eigenvalue weighted by atomic mass is 9.98. The van der Waals surface area contributed by atoms with E-state index in [-0.39, 0.29) is 26.1 Å². The highest BCUT2D eigenvalue weighted by Crippen LogP contribution is 2.26. The topological polar surface area (TPSA) is 231 Å². The van der Waals surface area contributed by atoms with Gasteiger partial charge in [-0.2, -0.15) is 0 Å². The third kappa shape index (κ3) is 24.0. The second-order valence-corrected chi connectivity index (χ2v) is 17.3. The number of unbranched alkanes of at least 4 members (excludes halogenated alkanes) is 21. The van der Waals surface area contributed by atoms with Gasteiger partial charge in [-0.25, -0.2) is 0 Å². The molecule has 2 aliphatic heterocycles. The van der Waals surface area contributed by atoms with Gasteiger partial charge in [0.25, 0.3) is 0 Å². The first-order valence-corrected chi connectivity index (χ1v) is 24.3. The van der Waals surface area contributed by atoms with Gasteiger partial charge >= 0.3 is 11.9 Å². The Bertz CT molecular complexity index is 1140. The molecule has 62 heavy (non-hydrogen) atoms. The number of ether oxygens (including phenoxy) is 6. The molecule has 0 radical (unpaired) electrons. The number of aliphatic hydroxyl groups is 7. The number of hydrogen-bond acceptors (Lipinski definition) is 15. The van der Waals surface area contributed by atoms with E-state index in [2.05, 4.69) is 26.0 Å². The van der Waals surface area contributed by atoms with Crippen LogP contribution in [0.25, 0.3) is 0 Å². The van der Waals surface area contributed by atoms with E-state index < -0.39 is 92.7 Å². The molecule has 2 rings (SSSR count). The van der Waals surface area contributed by atoms with Gasteiger partial charge in [-0.05, 0) is 38.5 Å². The fraction of sp³-hybridized carbons (Fsp3) is 0.915. The zero-order valence-electron chi connectivity index (χ0n) is 38.1. The highest BCUT2D eigenvalue weighted by molar-refractivity contribution is 5.70. The van der Waals surface area contributed by atoms with E-state index in [0.717, 1.165) is 57.8 Å². The molecule has 0 aromatic heterocycles. The molecular formula is C47H86O15. The summed E-state index contributed by atoms with van der Waals surface area (Å²) in [7, 11) is 0. The van der Waals surface area contributed by atoms with E-state index in [1.807, 2.05) is 0 Å². The van der Waals surface area contributed by atoms with Gasteiger partial charge in [0, 0.05) is 12.8 Å². The standard InChI is InChI=1S/C47H86O15/c1-3-5-7-9-11-13-15-16-17-18-20-21-23-25-27-29-38(49)57-32-35(60-39(50)30-28-26-24-22-19-14-12-10-8-6-4-2)33-58-46-45(56)43(54)41(52)37(62-46)34-59-47-44(55)42(53)40(51)36(31-48)61-47/h16-17,35-37,40-48,51-56H,3-15,18-34H2,1-2H3/b17-16-/t35-,36+,37+,40-,41-,42-,43-,44+,45+,46+,47-/m0/s1. The van der Waals surface area contributed by atoms with E-state index in [9.17, 15) is 45.3 Å². The Kier molecular flexibility index (Phi) is 32.3. The molecule has 0 spiro atoms. The van der Waals surface area contributed by atoms with Crippen molar-refractivity contribution in [3.63, 3.8) is 0 Å². The van der Waals surface area contributed by atoms with Crippen LogP contribution in [0.4, 0.5) is 0 Å². The molecule has 0 aromatic carbocycles. The van der Waals surface area contributed by atoms with Crippen molar-refractivity contribution in [2.45, 2.75) is 248 Å². The SMILES string of the molecule is CCCCCCCC/C=C\CCCCCCCC(=O)OC[C@@H](CO[C@@H]1O[C@H](CO[C@H]2O[C@H](CO)[C@H](O)[C@H](O)[C@H]2O)[C@H](O)[C@H](O)[C@H]1O)OC(=O)CCCCCCCCCCCCC. The van der Waals surface area contributed by atoms with Gasteiger partial charge in [0.05, 0.1) is 19.8 Å². The van der Waals surface area contributed by atoms with E-state index in [1.165, 1.54) is 83.5 Å². The summed E-state index contributed by atoms with van der Waals surface area (Å²) in [5.74, 6) is -0.929. The van der Waals surface area contributed by atoms with Crippen molar-refractivity contribution in [2.24, 2.45) is 0 Å². The van der Waals surface area contributed by atoms with Crippen LogP contribution in [0, 0.1) is 0 Å². The molecule has 2 saturated heterocycles. The first-order chi connectivity index (χ1) is 30.0. The lowest BCUT2D eigenvalue weighted by molar-refractivity contribution is -0.332. The summed E-state index contributed by atoms with van der Waals surface area (Å²) < 4.78 is 33.5. The monoisotopic (exact) mass is 891 g/mol. The van der Waals surface area contributed by atoms with Crippen LogP contribution in [0.15, 0.2) is 12.2 Å². The van der Waals surface area contributed by atoms with Crippen LogP contribution in [0.1, 0.15) is 181 Å². The molecule has 0 aromatic rings. The summed E-state index contributed by atoms with van der Waals surface area (Å²) in [5, 5.41) is 71.9. The first-order valence-electron chi connectivity index (χ1n) is 24.3. The van der Waals surface area contributed by atoms with Gasteiger partial charge in [-0.1, -0.05) is 142 Å². The molecule has 0 unspecified atom stereocenters. The van der Waals surface area contributed by atoms with Gasteiger partial charge in [0.15, 0.2) is 18.7 Å². The normalized spacial score (nSPS) is 27.1. The Hall–Kier alpha value is -1.76. The Morgan fingerprint density at radius 1 is 0.500 bits per heavy atom. The van der Waals surface area contributed by atoms with Crippen molar-refractivity contribution in [1.29, 1.82) is 0 Å². The highest BCUT2D eigenvalue weighted by atomic mass is 16.7. The van der Waals surface area contributed by atoms with Gasteiger partial charge < -0.3 is 64.2 Å². The van der Waals surface area contributed by atoms with Gasteiger partial charge in [0.2, 0.25) is 0 Å². The number of aliphatic hydroxyl groups excluding tert-OH is 7. The maximum Gasteiger partial charge on any atom is 0.306 e. The molecule has 0 aliphatic carbocycles. The number of hydrogen-bond donors (Lipinski definition) is 7. The largest absolute Gasteiger partial charge is 0.462 e. The molecule has 0 saturated carbocycles. The number of carbonyl (C=O) groups excluding carboxylic acids is 2. The second-order valence-electron chi connectivity index (χ2n) is 17.3. The Morgan fingerprint density at radius 3 is 1.42 bits per heavy atom. The number of rotatable bonds is 37. The maximum absolute atomic E-state index is 12.9. The summed E-state index contributed by atoms with van der Waals surface area (Å²) >= 11 is 0. The van der Waals surface area contributed by atoms with Gasteiger partial charge in [-0.15, -0.1) is 0 Å². The molecule has 0 bridgehead atoms. The summed E-state index contributed by atoms with van der Waals surface area (Å²) in [6.45, 7) is 2.56. The highest BCUT2D eigenvalue weighted by Gasteiger charge is 2.47. The van der Waals surface area contributed by atoms with Gasteiger partial charge in [0.1, 0.15) is 55.4 Å². The van der Waals surface area contributed by atoms with Crippen molar-refractivity contribution in [3.05, 3.63) is 12.2 Å². The van der Waals surface area contributed by atoms with Crippen LogP contribution in [-0.4, -0.2) is 142 Å². The number of allylic oxidation sites excluding steroid dienone is 2. The lowest BCUT2D eigenvalue weighted by Crippen LogP contribution is -2.61. The van der Waals surface area contributed by atoms with Crippen LogP contribution in [-0.2, 0) is 38.0 Å². The van der Waals surface area contributed by atoms with Crippen molar-refractivity contribution >= 4 is 11.9 Å². The Balaban J connectivity index is 1.83. The molecule has 15 heteroatoms. The fourth-order valence-corrected chi connectivity index (χ4v) is 7.68. The molecule has 364 valence electrons. The Labute approximate surface area is 371 Å². The summed E-state index contributed by atoms with van der Waals surface area (Å²) in [6.07, 6.45) is 15.4. The summed E-state index contributed by atoms with van der Waals surface area (Å²) in [6, 6.07) is 0. The molecule has 2 aliphatic rings. The molecule has 2 fully saturated rings. The lowest BCUT2D eigenvalue weighted by Gasteiger charge is -2.42. The predicted octanol–water partition coefficient (Wildman–Crippen LogP) is 5.82. The average Bonchev–Trinajstić information content (AvgIpc) is 3.26. The second kappa shape index (κ2) is 35.5. The smallest absolute Gasteiger partial charge is 0.306 e. The van der Waals surface area contributed by atoms with Crippen molar-refractivity contribution < 1.29 is 73.8 Å². The maximum atomic E-state index is 12.9. The molecule has 2 heterocycles. The average molecular weight is 891 g/mol. The first kappa shape index (κ1) is 56.4. The zero-order valence-corrected chi connectivity index (χ0v) is 38.1. The van der Waals surface area contributed by atoms with Crippen LogP contribution >= 0.6 is 0 Å². The van der Waals surface area contributed by atoms with Crippen molar-refractivity contribution in [3.8, 4) is 0 Å². The summed E-state index contributed by atoms with van der Waals surface area (Å²) in [4.78, 5) is 25.6. The van der Waals surface area contributed by atoms with Crippen LogP contribution in [0.2, 0.25) is 0 Å². The van der Waals surface area contributed by atoms with Crippen LogP contribution in [0.3, 0.4) is 0 Å². The van der Waals surface area contributed by atoms with E-state index >= 15 is 0 Å². The van der Waals surface area contributed by atoms with Crippen LogP contribution in [0.5, 0.6) is 0 Å². The molecule has 0 amide bonds. The summed E-state index contributed by atoms with van der Waals surface area (Å²) in [5.41, 5.74) is 0. The van der Waals surface area contributed by atoms with Crippen molar-refractivity contribution in [1.82, 2.24) is 0 Å². The third-order valence-electron chi connectivity index (χ3n) is 11.7. The predicted molar refractivity (Wildman–Crippen MR) is 234 cm³/mol. The third-order valence-corrected chi connectivity index (χ3v) is 11.7. The van der Waals surface area contributed by atoms with Crippen molar-refractivity contribution in [2.75, 3.05) is 26.4 Å². The Morgan fingerprint density at radius 2 is 0.919 bits per heavy atom. The number of esters is 2. The number of carbonyl (C=O) groups is 2. The minimum absolute atomic E-state index is 0.168. The van der Waals surface area contributed by atoms with E-state index in [0.29, 0.717) is 12.8 Å². The zero-order chi connectivity index (χ0) is 45.4. The van der Waals surface area contributed by atoms with Crippen LogP contribution < -0.4 is 0 Å². The molecular weight excluding hydrogens is 805 g/mol. The quantitative estimate of drug-likeness (QED) is 0.0221. The van der Waals surface area contributed by atoms with E-state index in [4.69, 9.17) is 28.4 Å². The van der Waals surface area contributed by atoms with E-state index in [1.54, 1.807) is 0 Å². The fourth-order valence-electron chi connectivity index (χ4n) is 7.68. The minimum atomic E-state index is -1.76.